The van der Waals surface area contributed by atoms with Gasteiger partial charge in [0.05, 0.1) is 18.5 Å². The monoisotopic (exact) mass is 404 g/mol. The van der Waals surface area contributed by atoms with Crippen molar-refractivity contribution in [1.82, 2.24) is 20.1 Å². The Morgan fingerprint density at radius 1 is 1.30 bits per heavy atom. The van der Waals surface area contributed by atoms with Crippen LogP contribution in [0.5, 0.6) is 11.5 Å². The van der Waals surface area contributed by atoms with Crippen LogP contribution in [-0.2, 0) is 11.3 Å². The summed E-state index contributed by atoms with van der Waals surface area (Å²) in [5, 5.41) is 11.9. The average molecular weight is 405 g/mol. The molecule has 0 aliphatic carbocycles. The number of hydrogen-bond acceptors (Lipinski definition) is 6. The summed E-state index contributed by atoms with van der Waals surface area (Å²) < 4.78 is 13.0. The highest BCUT2D eigenvalue weighted by Crippen LogP contribution is 2.22. The van der Waals surface area contributed by atoms with Crippen molar-refractivity contribution >= 4 is 29.5 Å². The largest absolute Gasteiger partial charge is 0.497 e. The first-order valence-electron chi connectivity index (χ1n) is 8.40. The first kappa shape index (κ1) is 19.1. The van der Waals surface area contributed by atoms with Crippen molar-refractivity contribution in [2.75, 3.05) is 20.3 Å². The first-order chi connectivity index (χ1) is 13.2. The molecule has 2 N–H and O–H groups in total. The van der Waals surface area contributed by atoms with Crippen molar-refractivity contribution in [1.29, 1.82) is 0 Å². The van der Waals surface area contributed by atoms with E-state index in [0.29, 0.717) is 30.9 Å². The van der Waals surface area contributed by atoms with Gasteiger partial charge >= 0.3 is 0 Å². The van der Waals surface area contributed by atoms with Gasteiger partial charge in [0.25, 0.3) is 0 Å². The van der Waals surface area contributed by atoms with Crippen LogP contribution in [0.15, 0.2) is 41.8 Å². The van der Waals surface area contributed by atoms with E-state index in [9.17, 15) is 4.79 Å². The number of thiophene rings is 1. The van der Waals surface area contributed by atoms with E-state index in [-0.39, 0.29) is 5.91 Å². The fraction of sp³-hybridized carbons (Fsp3) is 0.278. The molecule has 0 fully saturated rings. The Balaban J connectivity index is 1.42. The number of nitrogens with zero attached hydrogens (tertiary/aromatic N) is 2. The lowest BCUT2D eigenvalue weighted by molar-refractivity contribution is -0.121. The molecule has 0 aliphatic rings. The molecule has 142 valence electrons. The third kappa shape index (κ3) is 5.18. The molecule has 0 aliphatic heterocycles. The van der Waals surface area contributed by atoms with E-state index in [0.717, 1.165) is 22.2 Å². The fourth-order valence-electron chi connectivity index (χ4n) is 2.45. The molecule has 3 aromatic rings. The second kappa shape index (κ2) is 9.33. The number of ether oxygens (including phenoxy) is 2. The van der Waals surface area contributed by atoms with Gasteiger partial charge < -0.3 is 14.8 Å². The maximum Gasteiger partial charge on any atom is 0.221 e. The Morgan fingerprint density at radius 2 is 2.07 bits per heavy atom. The third-order valence-electron chi connectivity index (χ3n) is 3.81. The molecule has 0 bridgehead atoms. The maximum absolute atomic E-state index is 12.1. The number of methoxy groups -OCH3 is 1. The first-order valence-corrected chi connectivity index (χ1v) is 9.69. The van der Waals surface area contributed by atoms with E-state index >= 15 is 0 Å². The molecule has 2 aromatic heterocycles. The molecule has 0 radical (unpaired) electrons. The molecule has 0 unspecified atom stereocenters. The van der Waals surface area contributed by atoms with Gasteiger partial charge in [-0.1, -0.05) is 6.07 Å². The minimum absolute atomic E-state index is 0.0615. The Bertz CT molecular complexity index is 917. The van der Waals surface area contributed by atoms with Crippen LogP contribution in [0.1, 0.15) is 6.42 Å². The van der Waals surface area contributed by atoms with Gasteiger partial charge in [-0.25, -0.2) is 0 Å². The highest BCUT2D eigenvalue weighted by molar-refractivity contribution is 7.71. The highest BCUT2D eigenvalue weighted by atomic mass is 32.1. The molecule has 0 spiro atoms. The lowest BCUT2D eigenvalue weighted by Crippen LogP contribution is -2.28. The predicted octanol–water partition coefficient (Wildman–Crippen LogP) is 3.26. The lowest BCUT2D eigenvalue weighted by Gasteiger charge is -2.09. The van der Waals surface area contributed by atoms with E-state index in [1.165, 1.54) is 0 Å². The van der Waals surface area contributed by atoms with Crippen LogP contribution in [0.4, 0.5) is 0 Å². The summed E-state index contributed by atoms with van der Waals surface area (Å²) in [5.74, 6) is 2.20. The summed E-state index contributed by atoms with van der Waals surface area (Å²) in [4.78, 5) is 13.1. The van der Waals surface area contributed by atoms with Gasteiger partial charge in [0.2, 0.25) is 5.91 Å². The molecule has 7 nitrogen and oxygen atoms in total. The fourth-order valence-corrected chi connectivity index (χ4v) is 3.40. The summed E-state index contributed by atoms with van der Waals surface area (Å²) in [7, 11) is 1.62. The van der Waals surface area contributed by atoms with Gasteiger partial charge in [-0.05, 0) is 47.9 Å². The SMILES string of the molecule is COc1ccc(OCCNC(=O)CCn2c(-c3cccs3)n[nH]c2=S)cc1. The van der Waals surface area contributed by atoms with Gasteiger partial charge in [0.1, 0.15) is 18.1 Å². The van der Waals surface area contributed by atoms with Crippen LogP contribution in [0.25, 0.3) is 10.7 Å². The van der Waals surface area contributed by atoms with Crippen molar-refractivity contribution < 1.29 is 14.3 Å². The van der Waals surface area contributed by atoms with Gasteiger partial charge in [-0.2, -0.15) is 5.10 Å². The van der Waals surface area contributed by atoms with Crippen molar-refractivity contribution in [3.05, 3.63) is 46.5 Å². The number of hydrogen-bond donors (Lipinski definition) is 2. The number of benzene rings is 1. The molecule has 2 heterocycles. The van der Waals surface area contributed by atoms with Crippen molar-refractivity contribution in [2.24, 2.45) is 0 Å². The second-order valence-electron chi connectivity index (χ2n) is 5.61. The number of carbonyl (C=O) groups excluding carboxylic acids is 1. The molecule has 9 heteroatoms. The number of amides is 1. The van der Waals surface area contributed by atoms with Crippen molar-refractivity contribution in [3.63, 3.8) is 0 Å². The molecule has 0 saturated carbocycles. The number of carbonyl (C=O) groups is 1. The average Bonchev–Trinajstić information content (AvgIpc) is 3.33. The summed E-state index contributed by atoms with van der Waals surface area (Å²) in [5.41, 5.74) is 0. The summed E-state index contributed by atoms with van der Waals surface area (Å²) >= 11 is 6.85. The van der Waals surface area contributed by atoms with E-state index in [1.807, 2.05) is 46.3 Å². The van der Waals surface area contributed by atoms with Gasteiger partial charge in [-0.15, -0.1) is 11.3 Å². The molecule has 0 atom stereocenters. The number of aromatic amines is 1. The van der Waals surface area contributed by atoms with Crippen LogP contribution in [0.2, 0.25) is 0 Å². The van der Waals surface area contributed by atoms with Crippen molar-refractivity contribution in [3.8, 4) is 22.2 Å². The van der Waals surface area contributed by atoms with Crippen molar-refractivity contribution in [2.45, 2.75) is 13.0 Å². The van der Waals surface area contributed by atoms with Crippen LogP contribution in [-0.4, -0.2) is 40.9 Å². The Morgan fingerprint density at radius 3 is 2.78 bits per heavy atom. The van der Waals surface area contributed by atoms with E-state index in [1.54, 1.807) is 18.4 Å². The van der Waals surface area contributed by atoms with E-state index < -0.39 is 0 Å². The Hall–Kier alpha value is -2.65. The van der Waals surface area contributed by atoms with Crippen LogP contribution < -0.4 is 14.8 Å². The predicted molar refractivity (Wildman–Crippen MR) is 107 cm³/mol. The molecule has 1 aromatic carbocycles. The molecule has 3 rings (SSSR count). The van der Waals surface area contributed by atoms with Crippen LogP contribution in [0, 0.1) is 4.77 Å². The quantitative estimate of drug-likeness (QED) is 0.423. The highest BCUT2D eigenvalue weighted by Gasteiger charge is 2.11. The number of nitrogens with one attached hydrogen (secondary N) is 2. The normalized spacial score (nSPS) is 10.6. The molecule has 1 amide bonds. The molecular weight excluding hydrogens is 384 g/mol. The number of H-pyrrole nitrogens is 1. The van der Waals surface area contributed by atoms with E-state index in [2.05, 4.69) is 15.5 Å². The Labute approximate surface area is 165 Å². The summed E-state index contributed by atoms with van der Waals surface area (Å²) in [6.45, 7) is 1.29. The second-order valence-corrected chi connectivity index (χ2v) is 6.94. The van der Waals surface area contributed by atoms with Crippen LogP contribution >= 0.6 is 23.6 Å². The zero-order valence-electron chi connectivity index (χ0n) is 14.8. The maximum atomic E-state index is 12.1. The summed E-state index contributed by atoms with van der Waals surface area (Å²) in [6.07, 6.45) is 0.314. The minimum atomic E-state index is -0.0615. The zero-order chi connectivity index (χ0) is 19.1. The van der Waals surface area contributed by atoms with Crippen LogP contribution in [0.3, 0.4) is 0 Å². The molecule has 0 saturated heterocycles. The van der Waals surface area contributed by atoms with Gasteiger partial charge in [0.15, 0.2) is 10.6 Å². The standard InChI is InChI=1S/C18H20N4O3S2/c1-24-13-4-6-14(7-5-13)25-11-9-19-16(23)8-10-22-17(20-21-18(22)26)15-3-2-12-27-15/h2-7,12H,8-11H2,1H3,(H,19,23)(H,21,26). The zero-order valence-corrected chi connectivity index (χ0v) is 16.4. The van der Waals surface area contributed by atoms with Gasteiger partial charge in [-0.3, -0.25) is 14.5 Å². The topological polar surface area (TPSA) is 81.2 Å². The lowest BCUT2D eigenvalue weighted by atomic mass is 10.3. The van der Waals surface area contributed by atoms with E-state index in [4.69, 9.17) is 21.7 Å². The Kier molecular flexibility index (Phi) is 6.61. The summed E-state index contributed by atoms with van der Waals surface area (Å²) in [6, 6.07) is 11.2. The molecule has 27 heavy (non-hydrogen) atoms. The smallest absolute Gasteiger partial charge is 0.221 e. The van der Waals surface area contributed by atoms with Gasteiger partial charge in [0, 0.05) is 13.0 Å². The third-order valence-corrected chi connectivity index (χ3v) is 4.99. The number of aromatic nitrogens is 3. The number of rotatable bonds is 9. The molecular formula is C18H20N4O3S2. The minimum Gasteiger partial charge on any atom is -0.497 e.